The largest absolute Gasteiger partial charge is 0.327 e. The second-order valence-electron chi connectivity index (χ2n) is 5.11. The number of imidazole rings is 1. The highest BCUT2D eigenvalue weighted by Crippen LogP contribution is 2.15. The van der Waals surface area contributed by atoms with Crippen LogP contribution in [0.4, 0.5) is 0 Å². The lowest BCUT2D eigenvalue weighted by molar-refractivity contribution is 0.597. The van der Waals surface area contributed by atoms with Crippen LogP contribution in [0.15, 0.2) is 53.0 Å². The molecule has 0 atom stereocenters. The van der Waals surface area contributed by atoms with Gasteiger partial charge in [-0.1, -0.05) is 40.2 Å². The Morgan fingerprint density at radius 1 is 1.14 bits per heavy atom. The molecule has 3 rings (SSSR count). The molecule has 108 valence electrons. The molecule has 0 bridgehead atoms. The Balaban J connectivity index is 1.61. The van der Waals surface area contributed by atoms with Crippen LogP contribution < -0.4 is 5.32 Å². The van der Waals surface area contributed by atoms with E-state index in [2.05, 4.69) is 74.1 Å². The van der Waals surface area contributed by atoms with Crippen LogP contribution >= 0.6 is 15.9 Å². The van der Waals surface area contributed by atoms with Crippen LogP contribution in [0.1, 0.15) is 11.4 Å². The van der Waals surface area contributed by atoms with Gasteiger partial charge in [-0.3, -0.25) is 0 Å². The van der Waals surface area contributed by atoms with E-state index in [1.165, 1.54) is 11.1 Å². The summed E-state index contributed by atoms with van der Waals surface area (Å²) in [7, 11) is 0. The summed E-state index contributed by atoms with van der Waals surface area (Å²) in [5.74, 6) is 1.07. The molecule has 0 aliphatic carbocycles. The molecule has 1 N–H and O–H groups in total. The molecule has 0 spiro atoms. The summed E-state index contributed by atoms with van der Waals surface area (Å²) in [6.45, 7) is 4.80. The zero-order valence-electron chi connectivity index (χ0n) is 12.0. The van der Waals surface area contributed by atoms with Crippen molar-refractivity contribution in [3.8, 4) is 0 Å². The lowest BCUT2D eigenvalue weighted by atomic mass is 10.2. The minimum atomic E-state index is 0.880. The zero-order chi connectivity index (χ0) is 14.7. The van der Waals surface area contributed by atoms with E-state index >= 15 is 0 Å². The van der Waals surface area contributed by atoms with E-state index in [0.29, 0.717) is 0 Å². The lowest BCUT2D eigenvalue weighted by Crippen LogP contribution is -2.20. The Morgan fingerprint density at radius 3 is 2.86 bits per heavy atom. The first-order valence-corrected chi connectivity index (χ1v) is 7.90. The van der Waals surface area contributed by atoms with Crippen molar-refractivity contribution in [2.45, 2.75) is 20.0 Å². The minimum Gasteiger partial charge on any atom is -0.327 e. The van der Waals surface area contributed by atoms with Crippen LogP contribution in [-0.2, 0) is 13.1 Å². The number of para-hydroxylation sites is 2. The maximum atomic E-state index is 4.59. The molecule has 1 aromatic heterocycles. The van der Waals surface area contributed by atoms with Gasteiger partial charge in [0.1, 0.15) is 5.82 Å². The van der Waals surface area contributed by atoms with Crippen molar-refractivity contribution in [2.75, 3.05) is 6.54 Å². The van der Waals surface area contributed by atoms with E-state index in [9.17, 15) is 0 Å². The van der Waals surface area contributed by atoms with Gasteiger partial charge in [0.25, 0.3) is 0 Å². The number of fused-ring (bicyclic) bond motifs is 1. The lowest BCUT2D eigenvalue weighted by Gasteiger charge is -2.09. The molecule has 1 heterocycles. The monoisotopic (exact) mass is 343 g/mol. The highest BCUT2D eigenvalue weighted by Gasteiger charge is 2.05. The van der Waals surface area contributed by atoms with Crippen molar-refractivity contribution in [1.29, 1.82) is 0 Å². The first-order valence-electron chi connectivity index (χ1n) is 7.11. The zero-order valence-corrected chi connectivity index (χ0v) is 13.6. The van der Waals surface area contributed by atoms with Gasteiger partial charge in [-0.05, 0) is 36.8 Å². The van der Waals surface area contributed by atoms with Gasteiger partial charge in [-0.15, -0.1) is 0 Å². The fourth-order valence-electron chi connectivity index (χ4n) is 2.55. The van der Waals surface area contributed by atoms with Gasteiger partial charge in [0, 0.05) is 24.1 Å². The summed E-state index contributed by atoms with van der Waals surface area (Å²) in [4.78, 5) is 4.59. The number of aromatic nitrogens is 2. The van der Waals surface area contributed by atoms with Gasteiger partial charge in [0.05, 0.1) is 11.0 Å². The Hall–Kier alpha value is -1.65. The van der Waals surface area contributed by atoms with Crippen molar-refractivity contribution >= 4 is 27.0 Å². The van der Waals surface area contributed by atoms with Crippen molar-refractivity contribution in [2.24, 2.45) is 0 Å². The van der Waals surface area contributed by atoms with Gasteiger partial charge in [-0.2, -0.15) is 0 Å². The van der Waals surface area contributed by atoms with Crippen molar-refractivity contribution in [1.82, 2.24) is 14.9 Å². The molecular weight excluding hydrogens is 326 g/mol. The number of halogens is 1. The molecule has 0 radical (unpaired) electrons. The quantitative estimate of drug-likeness (QED) is 0.712. The number of hydrogen-bond acceptors (Lipinski definition) is 2. The van der Waals surface area contributed by atoms with Crippen LogP contribution in [-0.4, -0.2) is 16.1 Å². The topological polar surface area (TPSA) is 29.9 Å². The van der Waals surface area contributed by atoms with Crippen LogP contribution in [0.3, 0.4) is 0 Å². The molecule has 0 unspecified atom stereocenters. The molecule has 3 nitrogen and oxygen atoms in total. The van der Waals surface area contributed by atoms with Crippen LogP contribution in [0.5, 0.6) is 0 Å². The van der Waals surface area contributed by atoms with Crippen molar-refractivity contribution in [3.63, 3.8) is 0 Å². The molecule has 4 heteroatoms. The summed E-state index contributed by atoms with van der Waals surface area (Å²) in [6, 6.07) is 16.7. The summed E-state index contributed by atoms with van der Waals surface area (Å²) >= 11 is 3.50. The van der Waals surface area contributed by atoms with Crippen LogP contribution in [0, 0.1) is 6.92 Å². The maximum Gasteiger partial charge on any atom is 0.106 e. The number of rotatable bonds is 5. The van der Waals surface area contributed by atoms with E-state index < -0.39 is 0 Å². The Bertz CT molecular complexity index is 749. The second-order valence-corrected chi connectivity index (χ2v) is 6.02. The molecule has 0 saturated heterocycles. The Labute approximate surface area is 133 Å². The molecule has 0 fully saturated rings. The first kappa shape index (κ1) is 14.3. The van der Waals surface area contributed by atoms with Gasteiger partial charge in [0.2, 0.25) is 0 Å². The molecule has 0 amide bonds. The molecule has 2 aromatic carbocycles. The highest BCUT2D eigenvalue weighted by molar-refractivity contribution is 9.10. The van der Waals surface area contributed by atoms with E-state index in [1.807, 2.05) is 12.1 Å². The predicted molar refractivity (Wildman–Crippen MR) is 90.3 cm³/mol. The summed E-state index contributed by atoms with van der Waals surface area (Å²) < 4.78 is 3.39. The van der Waals surface area contributed by atoms with Gasteiger partial charge < -0.3 is 9.88 Å². The van der Waals surface area contributed by atoms with Gasteiger partial charge in [0.15, 0.2) is 0 Å². The number of aryl methyl sites for hydroxylation is 1. The van der Waals surface area contributed by atoms with Crippen LogP contribution in [0.25, 0.3) is 11.0 Å². The highest BCUT2D eigenvalue weighted by atomic mass is 79.9. The maximum absolute atomic E-state index is 4.59. The third-order valence-corrected chi connectivity index (χ3v) is 4.07. The number of benzene rings is 2. The third-order valence-electron chi connectivity index (χ3n) is 3.58. The minimum absolute atomic E-state index is 0.880. The van der Waals surface area contributed by atoms with Crippen molar-refractivity contribution < 1.29 is 0 Å². The summed E-state index contributed by atoms with van der Waals surface area (Å²) in [5.41, 5.74) is 3.57. The molecule has 21 heavy (non-hydrogen) atoms. The predicted octanol–water partition coefficient (Wildman–Crippen LogP) is 3.90. The summed E-state index contributed by atoms with van der Waals surface area (Å²) in [6.07, 6.45) is 0. The molecule has 0 aliphatic rings. The SMILES string of the molecule is Cc1nc2ccccc2n1CCNCc1cccc(Br)c1. The van der Waals surface area contributed by atoms with Gasteiger partial charge >= 0.3 is 0 Å². The molecular formula is C17H18BrN3. The Morgan fingerprint density at radius 2 is 2.00 bits per heavy atom. The smallest absolute Gasteiger partial charge is 0.106 e. The van der Waals surface area contributed by atoms with E-state index in [4.69, 9.17) is 0 Å². The fourth-order valence-corrected chi connectivity index (χ4v) is 3.00. The van der Waals surface area contributed by atoms with E-state index in [-0.39, 0.29) is 0 Å². The summed E-state index contributed by atoms with van der Waals surface area (Å²) in [5, 5.41) is 3.49. The molecule has 3 aromatic rings. The number of nitrogens with zero attached hydrogens (tertiary/aromatic N) is 2. The van der Waals surface area contributed by atoms with Crippen LogP contribution in [0.2, 0.25) is 0 Å². The average molecular weight is 344 g/mol. The number of nitrogens with one attached hydrogen (secondary N) is 1. The Kier molecular flexibility index (Phi) is 4.36. The number of hydrogen-bond donors (Lipinski definition) is 1. The van der Waals surface area contributed by atoms with Gasteiger partial charge in [-0.25, -0.2) is 4.98 Å². The van der Waals surface area contributed by atoms with E-state index in [0.717, 1.165) is 35.4 Å². The molecule has 0 aliphatic heterocycles. The fraction of sp³-hybridized carbons (Fsp3) is 0.235. The normalized spacial score (nSPS) is 11.1. The third kappa shape index (κ3) is 3.34. The molecule has 0 saturated carbocycles. The standard InChI is InChI=1S/C17H18BrN3/c1-13-20-16-7-2-3-8-17(16)21(13)10-9-19-12-14-5-4-6-15(18)11-14/h2-8,11,19H,9-10,12H2,1H3. The average Bonchev–Trinajstić information content (AvgIpc) is 2.79. The van der Waals surface area contributed by atoms with E-state index in [1.54, 1.807) is 0 Å². The second kappa shape index (κ2) is 6.41. The first-order chi connectivity index (χ1) is 10.2. The van der Waals surface area contributed by atoms with Crippen molar-refractivity contribution in [3.05, 3.63) is 64.4 Å².